The number of rotatable bonds is 3. The lowest BCUT2D eigenvalue weighted by Gasteiger charge is -2.22. The van der Waals surface area contributed by atoms with Crippen LogP contribution in [0.2, 0.25) is 0 Å². The number of hydrogen-bond donors (Lipinski definition) is 0. The molecule has 0 atom stereocenters. The number of anilines is 1. The summed E-state index contributed by atoms with van der Waals surface area (Å²) in [5, 5.41) is 10.9. The van der Waals surface area contributed by atoms with Crippen molar-refractivity contribution < 1.29 is 9.72 Å². The van der Waals surface area contributed by atoms with Crippen molar-refractivity contribution in [3.05, 3.63) is 33.9 Å². The standard InChI is InChI=1S/C14H18N2O3/c1-10(17)12-8-11(4-5-13(12)16(18)19)15-7-6-14(2,3)9-15/h4-5,8H,6-7,9H2,1-3H3. The summed E-state index contributed by atoms with van der Waals surface area (Å²) in [4.78, 5) is 24.1. The van der Waals surface area contributed by atoms with Gasteiger partial charge in [-0.25, -0.2) is 0 Å². The van der Waals surface area contributed by atoms with Crippen LogP contribution in [0.25, 0.3) is 0 Å². The summed E-state index contributed by atoms with van der Waals surface area (Å²) >= 11 is 0. The number of hydrogen-bond acceptors (Lipinski definition) is 4. The Morgan fingerprint density at radius 2 is 2.11 bits per heavy atom. The minimum atomic E-state index is -0.506. The summed E-state index contributed by atoms with van der Waals surface area (Å²) in [5.41, 5.74) is 1.21. The van der Waals surface area contributed by atoms with Crippen molar-refractivity contribution in [3.8, 4) is 0 Å². The zero-order chi connectivity index (χ0) is 14.2. The van der Waals surface area contributed by atoms with Crippen molar-refractivity contribution in [3.63, 3.8) is 0 Å². The second-order valence-electron chi connectivity index (χ2n) is 5.85. The molecule has 102 valence electrons. The van der Waals surface area contributed by atoms with Crippen molar-refractivity contribution in [2.75, 3.05) is 18.0 Å². The van der Waals surface area contributed by atoms with E-state index in [2.05, 4.69) is 18.7 Å². The highest BCUT2D eigenvalue weighted by Crippen LogP contribution is 2.34. The van der Waals surface area contributed by atoms with E-state index in [9.17, 15) is 14.9 Å². The molecular formula is C14H18N2O3. The van der Waals surface area contributed by atoms with Crippen LogP contribution in [-0.4, -0.2) is 23.8 Å². The number of Topliss-reactive ketones (excluding diaryl/α,β-unsaturated/α-hetero) is 1. The first-order chi connectivity index (χ1) is 8.80. The summed E-state index contributed by atoms with van der Waals surface area (Å²) in [7, 11) is 0. The maximum atomic E-state index is 11.5. The zero-order valence-electron chi connectivity index (χ0n) is 11.5. The number of carbonyl (C=O) groups is 1. The van der Waals surface area contributed by atoms with Gasteiger partial charge in [-0.1, -0.05) is 13.8 Å². The van der Waals surface area contributed by atoms with E-state index in [1.807, 2.05) is 0 Å². The zero-order valence-corrected chi connectivity index (χ0v) is 11.5. The molecule has 0 aliphatic carbocycles. The van der Waals surface area contributed by atoms with Crippen LogP contribution < -0.4 is 4.90 Å². The molecule has 1 aromatic rings. The van der Waals surface area contributed by atoms with Gasteiger partial charge in [0.25, 0.3) is 5.69 Å². The molecule has 0 bridgehead atoms. The third-order valence-corrected chi connectivity index (χ3v) is 3.60. The van der Waals surface area contributed by atoms with Gasteiger partial charge in [-0.3, -0.25) is 14.9 Å². The number of nitro groups is 1. The molecule has 0 amide bonds. The first-order valence-corrected chi connectivity index (χ1v) is 6.34. The van der Waals surface area contributed by atoms with E-state index in [0.29, 0.717) is 0 Å². The highest BCUT2D eigenvalue weighted by Gasteiger charge is 2.30. The summed E-state index contributed by atoms with van der Waals surface area (Å²) in [6, 6.07) is 4.80. The molecule has 0 unspecified atom stereocenters. The molecule has 1 heterocycles. The van der Waals surface area contributed by atoms with Crippen molar-refractivity contribution in [1.82, 2.24) is 0 Å². The molecule has 1 fully saturated rings. The Bertz CT molecular complexity index is 537. The van der Waals surface area contributed by atoms with Crippen LogP contribution >= 0.6 is 0 Å². The Labute approximate surface area is 112 Å². The first-order valence-electron chi connectivity index (χ1n) is 6.34. The van der Waals surface area contributed by atoms with Gasteiger partial charge in [-0.2, -0.15) is 0 Å². The fraction of sp³-hybridized carbons (Fsp3) is 0.500. The number of ketones is 1. The maximum absolute atomic E-state index is 11.5. The van der Waals surface area contributed by atoms with Gasteiger partial charge >= 0.3 is 0 Å². The molecule has 0 N–H and O–H groups in total. The normalized spacial score (nSPS) is 17.5. The number of nitrogens with zero attached hydrogens (tertiary/aromatic N) is 2. The van der Waals surface area contributed by atoms with E-state index < -0.39 is 4.92 Å². The molecule has 0 aromatic heterocycles. The Morgan fingerprint density at radius 3 is 2.58 bits per heavy atom. The van der Waals surface area contributed by atoms with Gasteiger partial charge in [0.2, 0.25) is 0 Å². The fourth-order valence-electron chi connectivity index (χ4n) is 2.49. The number of benzene rings is 1. The van der Waals surface area contributed by atoms with E-state index in [4.69, 9.17) is 0 Å². The van der Waals surface area contributed by atoms with E-state index in [1.165, 1.54) is 13.0 Å². The maximum Gasteiger partial charge on any atom is 0.280 e. The minimum Gasteiger partial charge on any atom is -0.371 e. The summed E-state index contributed by atoms with van der Waals surface area (Å²) in [6.07, 6.45) is 1.08. The molecule has 5 nitrogen and oxygen atoms in total. The Kier molecular flexibility index (Phi) is 3.30. The summed E-state index contributed by atoms with van der Waals surface area (Å²) in [6.45, 7) is 7.58. The van der Waals surface area contributed by atoms with Gasteiger partial charge in [-0.15, -0.1) is 0 Å². The Balaban J connectivity index is 2.37. The third kappa shape index (κ3) is 2.75. The quantitative estimate of drug-likeness (QED) is 0.477. The van der Waals surface area contributed by atoms with Crippen LogP contribution in [0.5, 0.6) is 0 Å². The SMILES string of the molecule is CC(=O)c1cc(N2CCC(C)(C)C2)ccc1[N+](=O)[O-]. The molecule has 0 radical (unpaired) electrons. The van der Waals surface area contributed by atoms with Crippen molar-refractivity contribution in [2.45, 2.75) is 27.2 Å². The second-order valence-corrected chi connectivity index (χ2v) is 5.85. The smallest absolute Gasteiger partial charge is 0.280 e. The summed E-state index contributed by atoms with van der Waals surface area (Å²) < 4.78 is 0. The van der Waals surface area contributed by atoms with Crippen LogP contribution in [0.4, 0.5) is 11.4 Å². The van der Waals surface area contributed by atoms with Gasteiger partial charge in [0.15, 0.2) is 5.78 Å². The van der Waals surface area contributed by atoms with E-state index in [1.54, 1.807) is 12.1 Å². The molecule has 5 heteroatoms. The number of carbonyl (C=O) groups excluding carboxylic acids is 1. The highest BCUT2D eigenvalue weighted by atomic mass is 16.6. The highest BCUT2D eigenvalue weighted by molar-refractivity contribution is 5.99. The van der Waals surface area contributed by atoms with E-state index >= 15 is 0 Å². The Morgan fingerprint density at radius 1 is 1.42 bits per heavy atom. The van der Waals surface area contributed by atoms with Gasteiger partial charge < -0.3 is 4.90 Å². The third-order valence-electron chi connectivity index (χ3n) is 3.60. The lowest BCUT2D eigenvalue weighted by molar-refractivity contribution is -0.385. The van der Waals surface area contributed by atoms with Crippen molar-refractivity contribution in [2.24, 2.45) is 5.41 Å². The van der Waals surface area contributed by atoms with Gasteiger partial charge in [0.1, 0.15) is 0 Å². The monoisotopic (exact) mass is 262 g/mol. The van der Waals surface area contributed by atoms with Crippen LogP contribution in [0.3, 0.4) is 0 Å². The molecule has 19 heavy (non-hydrogen) atoms. The van der Waals surface area contributed by atoms with Crippen molar-refractivity contribution >= 4 is 17.2 Å². The predicted molar refractivity (Wildman–Crippen MR) is 73.7 cm³/mol. The lowest BCUT2D eigenvalue weighted by atomic mass is 9.93. The van der Waals surface area contributed by atoms with Gasteiger partial charge in [0.05, 0.1) is 10.5 Å². The second kappa shape index (κ2) is 4.64. The lowest BCUT2D eigenvalue weighted by Crippen LogP contribution is -2.22. The van der Waals surface area contributed by atoms with E-state index in [0.717, 1.165) is 25.2 Å². The average Bonchev–Trinajstić information content (AvgIpc) is 2.68. The van der Waals surface area contributed by atoms with Crippen LogP contribution in [0, 0.1) is 15.5 Å². The predicted octanol–water partition coefficient (Wildman–Crippen LogP) is 3.03. The topological polar surface area (TPSA) is 63.5 Å². The van der Waals surface area contributed by atoms with Crippen LogP contribution in [-0.2, 0) is 0 Å². The molecule has 0 spiro atoms. The number of nitro benzene ring substituents is 1. The molecule has 1 aromatic carbocycles. The average molecular weight is 262 g/mol. The minimum absolute atomic E-state index is 0.116. The molecule has 1 aliphatic heterocycles. The van der Waals surface area contributed by atoms with Crippen LogP contribution in [0.1, 0.15) is 37.6 Å². The molecule has 1 aliphatic rings. The largest absolute Gasteiger partial charge is 0.371 e. The molecule has 0 saturated carbocycles. The molecule has 2 rings (SSSR count). The summed E-state index contributed by atoms with van der Waals surface area (Å²) in [5.74, 6) is -0.271. The molecule has 1 saturated heterocycles. The van der Waals surface area contributed by atoms with Crippen LogP contribution in [0.15, 0.2) is 18.2 Å². The first kappa shape index (κ1) is 13.5. The van der Waals surface area contributed by atoms with Crippen molar-refractivity contribution in [1.29, 1.82) is 0 Å². The van der Waals surface area contributed by atoms with Gasteiger partial charge in [0, 0.05) is 24.8 Å². The Hall–Kier alpha value is -1.91. The van der Waals surface area contributed by atoms with E-state index in [-0.39, 0.29) is 22.4 Å². The van der Waals surface area contributed by atoms with Gasteiger partial charge in [-0.05, 0) is 30.9 Å². The molecular weight excluding hydrogens is 244 g/mol. The fourth-order valence-corrected chi connectivity index (χ4v) is 2.49.